The summed E-state index contributed by atoms with van der Waals surface area (Å²) in [6.07, 6.45) is -0.858. The molecule has 4 nitrogen and oxygen atoms in total. The highest BCUT2D eigenvalue weighted by molar-refractivity contribution is 5.55. The van der Waals surface area contributed by atoms with E-state index in [-0.39, 0.29) is 0 Å². The Morgan fingerprint density at radius 3 is 2.26 bits per heavy atom. The van der Waals surface area contributed by atoms with Gasteiger partial charge in [-0.05, 0) is 19.1 Å². The number of halogens is 1. The first-order chi connectivity index (χ1) is 9.11. The number of rotatable bonds is 8. The Morgan fingerprint density at radius 1 is 1.21 bits per heavy atom. The van der Waals surface area contributed by atoms with Crippen LogP contribution in [0.25, 0.3) is 0 Å². The minimum atomic E-state index is -0.858. The zero-order chi connectivity index (χ0) is 14.3. The molecule has 0 saturated carbocycles. The van der Waals surface area contributed by atoms with Crippen molar-refractivity contribution in [3.8, 4) is 0 Å². The van der Waals surface area contributed by atoms with Crippen molar-refractivity contribution in [2.45, 2.75) is 13.0 Å². The second-order valence-corrected chi connectivity index (χ2v) is 4.32. The van der Waals surface area contributed by atoms with Gasteiger partial charge in [0.25, 0.3) is 0 Å². The number of ether oxygens (including phenoxy) is 2. The topological polar surface area (TPSA) is 41.9 Å². The van der Waals surface area contributed by atoms with Crippen LogP contribution in [0.15, 0.2) is 18.2 Å². The third-order valence-corrected chi connectivity index (χ3v) is 2.92. The molecule has 1 aromatic rings. The van der Waals surface area contributed by atoms with Gasteiger partial charge in [-0.15, -0.1) is 0 Å². The second kappa shape index (κ2) is 8.09. The van der Waals surface area contributed by atoms with E-state index < -0.39 is 11.9 Å². The SMILES string of the molecule is COCCN(CCOC)c1cccc(F)c1[C@@H](C)O. The highest BCUT2D eigenvalue weighted by Crippen LogP contribution is 2.28. The summed E-state index contributed by atoms with van der Waals surface area (Å²) in [6.45, 7) is 3.84. The van der Waals surface area contributed by atoms with Crippen LogP contribution >= 0.6 is 0 Å². The molecule has 0 amide bonds. The zero-order valence-electron chi connectivity index (χ0n) is 11.7. The number of methoxy groups -OCH3 is 2. The van der Waals surface area contributed by atoms with Crippen LogP contribution in [0.3, 0.4) is 0 Å². The Labute approximate surface area is 113 Å². The van der Waals surface area contributed by atoms with Gasteiger partial charge < -0.3 is 19.5 Å². The molecule has 0 aliphatic heterocycles. The van der Waals surface area contributed by atoms with Gasteiger partial charge in [0.15, 0.2) is 0 Å². The van der Waals surface area contributed by atoms with Crippen LogP contribution in [0.5, 0.6) is 0 Å². The van der Waals surface area contributed by atoms with Crippen molar-refractivity contribution in [3.05, 3.63) is 29.6 Å². The lowest BCUT2D eigenvalue weighted by Crippen LogP contribution is -2.32. The molecule has 1 rings (SSSR count). The Hall–Kier alpha value is -1.17. The summed E-state index contributed by atoms with van der Waals surface area (Å²) < 4.78 is 24.0. The largest absolute Gasteiger partial charge is 0.389 e. The Bertz CT molecular complexity index is 377. The molecule has 0 saturated heterocycles. The maximum Gasteiger partial charge on any atom is 0.131 e. The molecule has 1 N–H and O–H groups in total. The van der Waals surface area contributed by atoms with E-state index in [0.717, 1.165) is 0 Å². The average molecular weight is 271 g/mol. The van der Waals surface area contributed by atoms with Gasteiger partial charge in [-0.2, -0.15) is 0 Å². The summed E-state index contributed by atoms with van der Waals surface area (Å²) in [5.41, 5.74) is 0.999. The average Bonchev–Trinajstić information content (AvgIpc) is 2.38. The Balaban J connectivity index is 3.02. The number of nitrogens with zero attached hydrogens (tertiary/aromatic N) is 1. The number of hydrogen-bond donors (Lipinski definition) is 1. The minimum Gasteiger partial charge on any atom is -0.389 e. The van der Waals surface area contributed by atoms with Gasteiger partial charge in [0.2, 0.25) is 0 Å². The normalized spacial score (nSPS) is 12.5. The fraction of sp³-hybridized carbons (Fsp3) is 0.571. The summed E-state index contributed by atoms with van der Waals surface area (Å²) >= 11 is 0. The quantitative estimate of drug-likeness (QED) is 0.785. The summed E-state index contributed by atoms with van der Waals surface area (Å²) in [4.78, 5) is 1.96. The predicted octanol–water partition coefficient (Wildman–Crippen LogP) is 1.98. The molecule has 19 heavy (non-hydrogen) atoms. The van der Waals surface area contributed by atoms with Crippen LogP contribution < -0.4 is 4.90 Å². The Morgan fingerprint density at radius 2 is 1.79 bits per heavy atom. The number of benzene rings is 1. The predicted molar refractivity (Wildman–Crippen MR) is 73.0 cm³/mol. The third kappa shape index (κ3) is 4.45. The van der Waals surface area contributed by atoms with Crippen molar-refractivity contribution in [3.63, 3.8) is 0 Å². The number of aliphatic hydroxyl groups is 1. The van der Waals surface area contributed by atoms with Gasteiger partial charge >= 0.3 is 0 Å². The molecule has 1 aromatic carbocycles. The maximum atomic E-state index is 13.9. The van der Waals surface area contributed by atoms with Crippen LogP contribution in [-0.4, -0.2) is 45.6 Å². The molecule has 0 bridgehead atoms. The fourth-order valence-electron chi connectivity index (χ4n) is 1.97. The molecular weight excluding hydrogens is 249 g/mol. The lowest BCUT2D eigenvalue weighted by molar-refractivity contribution is 0.186. The minimum absolute atomic E-state index is 0.315. The van der Waals surface area contributed by atoms with Crippen molar-refractivity contribution in [1.82, 2.24) is 0 Å². The van der Waals surface area contributed by atoms with Crippen LogP contribution in [0.2, 0.25) is 0 Å². The molecule has 0 spiro atoms. The van der Waals surface area contributed by atoms with Crippen LogP contribution in [0.4, 0.5) is 10.1 Å². The van der Waals surface area contributed by atoms with E-state index in [1.165, 1.54) is 6.07 Å². The van der Waals surface area contributed by atoms with Gasteiger partial charge in [-0.1, -0.05) is 6.07 Å². The summed E-state index contributed by atoms with van der Waals surface area (Å²) in [5, 5.41) is 9.76. The molecule has 0 unspecified atom stereocenters. The maximum absolute atomic E-state index is 13.9. The van der Waals surface area contributed by atoms with Crippen LogP contribution in [0, 0.1) is 5.82 Å². The zero-order valence-corrected chi connectivity index (χ0v) is 11.7. The first-order valence-corrected chi connectivity index (χ1v) is 6.31. The first-order valence-electron chi connectivity index (χ1n) is 6.31. The highest BCUT2D eigenvalue weighted by Gasteiger charge is 2.18. The van der Waals surface area contributed by atoms with Crippen molar-refractivity contribution < 1.29 is 19.0 Å². The monoisotopic (exact) mass is 271 g/mol. The van der Waals surface area contributed by atoms with E-state index in [1.54, 1.807) is 33.3 Å². The molecule has 0 aromatic heterocycles. The molecule has 0 aliphatic rings. The summed E-state index contributed by atoms with van der Waals surface area (Å²) in [7, 11) is 3.24. The molecule has 0 aliphatic carbocycles. The van der Waals surface area contributed by atoms with Gasteiger partial charge in [-0.25, -0.2) is 4.39 Å². The van der Waals surface area contributed by atoms with Crippen molar-refractivity contribution >= 4 is 5.69 Å². The number of anilines is 1. The standard InChI is InChI=1S/C14H22FNO3/c1-11(17)14-12(15)5-4-6-13(14)16(7-9-18-2)8-10-19-3/h4-6,11,17H,7-10H2,1-3H3/t11-/m1/s1. The second-order valence-electron chi connectivity index (χ2n) is 4.32. The van der Waals surface area contributed by atoms with Gasteiger partial charge in [0.05, 0.1) is 19.3 Å². The third-order valence-electron chi connectivity index (χ3n) is 2.92. The fourth-order valence-corrected chi connectivity index (χ4v) is 1.97. The van der Waals surface area contributed by atoms with Gasteiger partial charge in [0, 0.05) is 38.6 Å². The summed E-state index contributed by atoms with van der Waals surface area (Å²) in [6, 6.07) is 4.80. The Kier molecular flexibility index (Phi) is 6.77. The number of aliphatic hydroxyl groups excluding tert-OH is 1. The van der Waals surface area contributed by atoms with Gasteiger partial charge in [-0.3, -0.25) is 0 Å². The first kappa shape index (κ1) is 15.9. The molecule has 108 valence electrons. The lowest BCUT2D eigenvalue weighted by Gasteiger charge is -2.27. The van der Waals surface area contributed by atoms with Crippen LogP contribution in [-0.2, 0) is 9.47 Å². The molecular formula is C14H22FNO3. The van der Waals surface area contributed by atoms with E-state index in [0.29, 0.717) is 37.6 Å². The molecule has 0 fully saturated rings. The van der Waals surface area contributed by atoms with E-state index in [2.05, 4.69) is 0 Å². The highest BCUT2D eigenvalue weighted by atomic mass is 19.1. The van der Waals surface area contributed by atoms with E-state index in [4.69, 9.17) is 9.47 Å². The van der Waals surface area contributed by atoms with E-state index in [9.17, 15) is 9.50 Å². The molecule has 0 heterocycles. The van der Waals surface area contributed by atoms with Crippen molar-refractivity contribution in [2.75, 3.05) is 45.4 Å². The van der Waals surface area contributed by atoms with Crippen molar-refractivity contribution in [2.24, 2.45) is 0 Å². The lowest BCUT2D eigenvalue weighted by atomic mass is 10.1. The van der Waals surface area contributed by atoms with Crippen LogP contribution in [0.1, 0.15) is 18.6 Å². The molecule has 0 radical (unpaired) electrons. The van der Waals surface area contributed by atoms with Gasteiger partial charge in [0.1, 0.15) is 5.82 Å². The number of hydrogen-bond acceptors (Lipinski definition) is 4. The smallest absolute Gasteiger partial charge is 0.131 e. The summed E-state index contributed by atoms with van der Waals surface area (Å²) in [5.74, 6) is -0.396. The van der Waals surface area contributed by atoms with Crippen molar-refractivity contribution in [1.29, 1.82) is 0 Å². The molecule has 1 atom stereocenters. The van der Waals surface area contributed by atoms with E-state index in [1.807, 2.05) is 4.90 Å². The van der Waals surface area contributed by atoms with E-state index >= 15 is 0 Å². The molecule has 5 heteroatoms.